The molecule has 0 amide bonds. The van der Waals surface area contributed by atoms with Gasteiger partial charge in [0.05, 0.1) is 12.2 Å². The van der Waals surface area contributed by atoms with Gasteiger partial charge in [-0.1, -0.05) is 43.2 Å². The first-order valence-corrected chi connectivity index (χ1v) is 8.61. The molecule has 2 aliphatic carbocycles. The van der Waals surface area contributed by atoms with Gasteiger partial charge >= 0.3 is 0 Å². The van der Waals surface area contributed by atoms with Crippen LogP contribution < -0.4 is 0 Å². The van der Waals surface area contributed by atoms with Crippen molar-refractivity contribution in [1.29, 1.82) is 0 Å². The Morgan fingerprint density at radius 1 is 0.950 bits per heavy atom. The lowest BCUT2D eigenvalue weighted by Gasteiger charge is -2.37. The Hall–Kier alpha value is -0.530. The lowest BCUT2D eigenvalue weighted by Crippen LogP contribution is -2.37. The third kappa shape index (κ3) is 2.19. The normalized spacial score (nSPS) is 43.9. The maximum atomic E-state index is 6.80. The van der Waals surface area contributed by atoms with Gasteiger partial charge in [-0.25, -0.2) is 0 Å². The van der Waals surface area contributed by atoms with Crippen molar-refractivity contribution < 1.29 is 4.74 Å². The molecule has 0 spiro atoms. The smallest absolute Gasteiger partial charge is 0.0630 e. The van der Waals surface area contributed by atoms with E-state index in [1.807, 2.05) is 0 Å². The monoisotopic (exact) mass is 290 g/mol. The van der Waals surface area contributed by atoms with E-state index in [4.69, 9.17) is 16.3 Å². The van der Waals surface area contributed by atoms with E-state index in [9.17, 15) is 0 Å². The highest BCUT2D eigenvalue weighted by Gasteiger charge is 2.51. The number of alkyl halides is 1. The number of ether oxygens (including phenoxy) is 1. The third-order valence-electron chi connectivity index (χ3n) is 5.74. The zero-order valence-corrected chi connectivity index (χ0v) is 12.6. The summed E-state index contributed by atoms with van der Waals surface area (Å²) in [6.45, 7) is 0. The Kier molecular flexibility index (Phi) is 3.52. The van der Waals surface area contributed by atoms with E-state index < -0.39 is 0 Å². The Bertz CT molecular complexity index is 460. The Morgan fingerprint density at radius 3 is 2.60 bits per heavy atom. The second kappa shape index (κ2) is 5.35. The van der Waals surface area contributed by atoms with Crippen molar-refractivity contribution in [2.75, 3.05) is 0 Å². The molecule has 1 nitrogen and oxygen atoms in total. The number of hydrogen-bond acceptors (Lipinski definition) is 1. The van der Waals surface area contributed by atoms with E-state index in [-0.39, 0.29) is 0 Å². The Labute approximate surface area is 126 Å². The summed E-state index contributed by atoms with van der Waals surface area (Å²) in [5.74, 6) is 1.94. The van der Waals surface area contributed by atoms with Crippen LogP contribution in [0.5, 0.6) is 0 Å². The fourth-order valence-electron chi connectivity index (χ4n) is 4.84. The van der Waals surface area contributed by atoms with Crippen LogP contribution in [-0.4, -0.2) is 17.6 Å². The van der Waals surface area contributed by atoms with E-state index in [1.54, 1.807) is 0 Å². The molecule has 0 radical (unpaired) electrons. The van der Waals surface area contributed by atoms with Gasteiger partial charge in [-0.2, -0.15) is 0 Å². The largest absolute Gasteiger partial charge is 0.374 e. The maximum absolute atomic E-state index is 6.80. The van der Waals surface area contributed by atoms with Crippen LogP contribution in [0.2, 0.25) is 0 Å². The first-order chi connectivity index (χ1) is 9.83. The van der Waals surface area contributed by atoms with E-state index in [1.165, 1.54) is 37.7 Å². The van der Waals surface area contributed by atoms with Gasteiger partial charge in [0, 0.05) is 11.3 Å². The molecule has 2 saturated carbocycles. The van der Waals surface area contributed by atoms with Crippen LogP contribution in [-0.2, 0) is 4.74 Å². The van der Waals surface area contributed by atoms with Gasteiger partial charge in [-0.15, -0.1) is 11.6 Å². The predicted octanol–water partition coefficient (Wildman–Crippen LogP) is 4.75. The third-order valence-corrected chi connectivity index (χ3v) is 6.21. The molecule has 1 saturated heterocycles. The summed E-state index contributed by atoms with van der Waals surface area (Å²) in [6, 6.07) is 10.9. The topological polar surface area (TPSA) is 9.23 Å². The molecule has 3 aliphatic rings. The first-order valence-electron chi connectivity index (χ1n) is 8.17. The number of hydrogen-bond donors (Lipinski definition) is 0. The summed E-state index contributed by atoms with van der Waals surface area (Å²) in [5.41, 5.74) is 1.44. The standard InChI is InChI=1S/C18H23ClO/c19-15-10-13(12-6-2-1-3-7-12)11-17-18(15)14-8-4-5-9-16(14)20-17/h1-3,6-7,13-18H,4-5,8-11H2. The van der Waals surface area contributed by atoms with Crippen LogP contribution in [0.1, 0.15) is 50.0 Å². The van der Waals surface area contributed by atoms with Crippen LogP contribution in [0.15, 0.2) is 30.3 Å². The highest BCUT2D eigenvalue weighted by Crippen LogP contribution is 2.51. The molecule has 1 aliphatic heterocycles. The second-order valence-electron chi connectivity index (χ2n) is 6.83. The summed E-state index contributed by atoms with van der Waals surface area (Å²) < 4.78 is 6.41. The van der Waals surface area contributed by atoms with E-state index in [2.05, 4.69) is 30.3 Å². The van der Waals surface area contributed by atoms with Crippen molar-refractivity contribution >= 4 is 11.6 Å². The maximum Gasteiger partial charge on any atom is 0.0630 e. The van der Waals surface area contributed by atoms with Gasteiger partial charge in [-0.3, -0.25) is 0 Å². The number of fused-ring (bicyclic) bond motifs is 3. The molecule has 4 rings (SSSR count). The van der Waals surface area contributed by atoms with Crippen LogP contribution in [0.4, 0.5) is 0 Å². The summed E-state index contributed by atoms with van der Waals surface area (Å²) in [7, 11) is 0. The molecule has 0 N–H and O–H groups in total. The molecular formula is C18H23ClO. The van der Waals surface area contributed by atoms with Crippen molar-refractivity contribution in [3.8, 4) is 0 Å². The molecule has 3 fully saturated rings. The van der Waals surface area contributed by atoms with Crippen molar-refractivity contribution in [2.24, 2.45) is 11.8 Å². The first kappa shape index (κ1) is 13.2. The van der Waals surface area contributed by atoms with Gasteiger partial charge in [0.15, 0.2) is 0 Å². The molecule has 6 atom stereocenters. The van der Waals surface area contributed by atoms with Crippen LogP contribution in [0.25, 0.3) is 0 Å². The SMILES string of the molecule is ClC1CC(c2ccccc2)CC2OC3CCCCC3C12. The molecule has 0 aromatic heterocycles. The minimum Gasteiger partial charge on any atom is -0.374 e. The molecule has 2 heteroatoms. The van der Waals surface area contributed by atoms with Gasteiger partial charge in [0.1, 0.15) is 0 Å². The molecule has 1 heterocycles. The molecule has 6 unspecified atom stereocenters. The zero-order valence-electron chi connectivity index (χ0n) is 11.9. The predicted molar refractivity (Wildman–Crippen MR) is 82.2 cm³/mol. The molecule has 20 heavy (non-hydrogen) atoms. The fourth-order valence-corrected chi connectivity index (χ4v) is 5.41. The van der Waals surface area contributed by atoms with E-state index >= 15 is 0 Å². The minimum atomic E-state index is 0.298. The average molecular weight is 291 g/mol. The molecule has 108 valence electrons. The Balaban J connectivity index is 1.55. The quantitative estimate of drug-likeness (QED) is 0.679. The highest BCUT2D eigenvalue weighted by atomic mass is 35.5. The van der Waals surface area contributed by atoms with Crippen molar-refractivity contribution in [1.82, 2.24) is 0 Å². The van der Waals surface area contributed by atoms with Crippen molar-refractivity contribution in [3.05, 3.63) is 35.9 Å². The van der Waals surface area contributed by atoms with Crippen molar-refractivity contribution in [2.45, 2.75) is 62.0 Å². The fraction of sp³-hybridized carbons (Fsp3) is 0.667. The second-order valence-corrected chi connectivity index (χ2v) is 7.39. The summed E-state index contributed by atoms with van der Waals surface area (Å²) in [6.07, 6.45) is 8.53. The molecular weight excluding hydrogens is 268 g/mol. The van der Waals surface area contributed by atoms with Gasteiger partial charge in [0.2, 0.25) is 0 Å². The van der Waals surface area contributed by atoms with Gasteiger partial charge < -0.3 is 4.74 Å². The van der Waals surface area contributed by atoms with Crippen LogP contribution in [0, 0.1) is 11.8 Å². The summed E-state index contributed by atoms with van der Waals surface area (Å²) in [4.78, 5) is 0. The van der Waals surface area contributed by atoms with Gasteiger partial charge in [0.25, 0.3) is 0 Å². The lowest BCUT2D eigenvalue weighted by atomic mass is 9.69. The van der Waals surface area contributed by atoms with Crippen LogP contribution in [0.3, 0.4) is 0 Å². The molecule has 0 bridgehead atoms. The van der Waals surface area contributed by atoms with E-state index in [0.717, 1.165) is 12.3 Å². The zero-order chi connectivity index (χ0) is 13.5. The molecule has 1 aromatic rings. The highest BCUT2D eigenvalue weighted by molar-refractivity contribution is 6.21. The molecule has 1 aromatic carbocycles. The number of benzene rings is 1. The number of rotatable bonds is 1. The summed E-state index contributed by atoms with van der Waals surface area (Å²) in [5, 5.41) is 0.298. The lowest BCUT2D eigenvalue weighted by molar-refractivity contribution is 0.00296. The number of halogens is 1. The van der Waals surface area contributed by atoms with Crippen molar-refractivity contribution in [3.63, 3.8) is 0 Å². The Morgan fingerprint density at radius 2 is 1.75 bits per heavy atom. The van der Waals surface area contributed by atoms with Gasteiger partial charge in [-0.05, 0) is 43.1 Å². The van der Waals surface area contributed by atoms with Crippen LogP contribution >= 0.6 is 11.6 Å². The minimum absolute atomic E-state index is 0.298. The van der Waals surface area contributed by atoms with E-state index in [0.29, 0.717) is 29.4 Å². The average Bonchev–Trinajstić information content (AvgIpc) is 2.87. The summed E-state index contributed by atoms with van der Waals surface area (Å²) >= 11 is 6.80.